The first-order valence-corrected chi connectivity index (χ1v) is 7.53. The molecule has 4 nitrogen and oxygen atoms in total. The standard InChI is InChI=1S/C17H18F3N3O/c1-10(2)7-8-21-11-3-6-14(22-9-11)23-17(24)12-4-5-13(18)16(20)15(12)19/h3-6,9-10,21H,7-8H2,1-2H3,(H,22,23,24). The third-order valence-electron chi connectivity index (χ3n) is 3.34. The van der Waals surface area contributed by atoms with Crippen molar-refractivity contribution in [3.8, 4) is 0 Å². The number of hydrogen-bond donors (Lipinski definition) is 2. The monoisotopic (exact) mass is 337 g/mol. The van der Waals surface area contributed by atoms with Crippen LogP contribution in [0.15, 0.2) is 30.5 Å². The molecule has 0 unspecified atom stereocenters. The van der Waals surface area contributed by atoms with Crippen LogP contribution in [0.3, 0.4) is 0 Å². The zero-order valence-corrected chi connectivity index (χ0v) is 13.4. The average molecular weight is 337 g/mol. The summed E-state index contributed by atoms with van der Waals surface area (Å²) in [7, 11) is 0. The lowest BCUT2D eigenvalue weighted by Crippen LogP contribution is -2.16. The Kier molecular flexibility index (Phi) is 5.78. The van der Waals surface area contributed by atoms with Crippen LogP contribution >= 0.6 is 0 Å². The van der Waals surface area contributed by atoms with Crippen molar-refractivity contribution in [1.29, 1.82) is 0 Å². The Morgan fingerprint density at radius 1 is 1.12 bits per heavy atom. The highest BCUT2D eigenvalue weighted by molar-refractivity contribution is 6.04. The first-order valence-electron chi connectivity index (χ1n) is 7.53. The topological polar surface area (TPSA) is 54.0 Å². The van der Waals surface area contributed by atoms with Crippen molar-refractivity contribution >= 4 is 17.4 Å². The maximum atomic E-state index is 13.6. The molecule has 2 N–H and O–H groups in total. The molecule has 7 heteroatoms. The molecule has 0 aliphatic carbocycles. The van der Waals surface area contributed by atoms with E-state index in [0.29, 0.717) is 12.0 Å². The minimum atomic E-state index is -1.68. The number of nitrogens with one attached hydrogen (secondary N) is 2. The Morgan fingerprint density at radius 3 is 2.50 bits per heavy atom. The summed E-state index contributed by atoms with van der Waals surface area (Å²) in [6, 6.07) is 4.82. The Hall–Kier alpha value is -2.57. The van der Waals surface area contributed by atoms with E-state index in [9.17, 15) is 18.0 Å². The number of amides is 1. The minimum Gasteiger partial charge on any atom is -0.384 e. The third kappa shape index (κ3) is 4.47. The van der Waals surface area contributed by atoms with Gasteiger partial charge in [-0.05, 0) is 36.6 Å². The molecule has 0 radical (unpaired) electrons. The summed E-state index contributed by atoms with van der Waals surface area (Å²) in [4.78, 5) is 16.0. The van der Waals surface area contributed by atoms with Gasteiger partial charge in [0, 0.05) is 6.54 Å². The summed E-state index contributed by atoms with van der Waals surface area (Å²) < 4.78 is 39.6. The van der Waals surface area contributed by atoms with Crippen molar-refractivity contribution in [2.75, 3.05) is 17.2 Å². The van der Waals surface area contributed by atoms with Gasteiger partial charge in [0.2, 0.25) is 0 Å². The lowest BCUT2D eigenvalue weighted by atomic mass is 10.1. The summed E-state index contributed by atoms with van der Waals surface area (Å²) >= 11 is 0. The second-order valence-corrected chi connectivity index (χ2v) is 5.72. The van der Waals surface area contributed by atoms with E-state index in [0.717, 1.165) is 24.7 Å². The van der Waals surface area contributed by atoms with E-state index >= 15 is 0 Å². The molecule has 2 aromatic rings. The van der Waals surface area contributed by atoms with E-state index in [1.165, 1.54) is 12.3 Å². The number of halogens is 3. The second-order valence-electron chi connectivity index (χ2n) is 5.72. The van der Waals surface area contributed by atoms with Crippen molar-refractivity contribution in [3.63, 3.8) is 0 Å². The molecule has 0 bridgehead atoms. The molecule has 0 saturated carbocycles. The number of hydrogen-bond acceptors (Lipinski definition) is 3. The molecule has 0 atom stereocenters. The highest BCUT2D eigenvalue weighted by Gasteiger charge is 2.19. The fourth-order valence-electron chi connectivity index (χ4n) is 1.96. The second kappa shape index (κ2) is 7.81. The summed E-state index contributed by atoms with van der Waals surface area (Å²) in [6.45, 7) is 5.04. The number of aromatic nitrogens is 1. The van der Waals surface area contributed by atoms with Crippen molar-refractivity contribution in [3.05, 3.63) is 53.5 Å². The molecule has 24 heavy (non-hydrogen) atoms. The zero-order valence-electron chi connectivity index (χ0n) is 13.4. The molecule has 0 fully saturated rings. The molecular weight excluding hydrogens is 319 g/mol. The Morgan fingerprint density at radius 2 is 1.88 bits per heavy atom. The van der Waals surface area contributed by atoms with Crippen LogP contribution in [0.1, 0.15) is 30.6 Å². The van der Waals surface area contributed by atoms with E-state index in [-0.39, 0.29) is 5.82 Å². The van der Waals surface area contributed by atoms with Crippen LogP contribution in [-0.4, -0.2) is 17.4 Å². The van der Waals surface area contributed by atoms with Crippen molar-refractivity contribution in [2.45, 2.75) is 20.3 Å². The molecule has 1 aromatic carbocycles. The van der Waals surface area contributed by atoms with Crippen LogP contribution < -0.4 is 10.6 Å². The van der Waals surface area contributed by atoms with Crippen LogP contribution in [0.2, 0.25) is 0 Å². The predicted molar refractivity (Wildman–Crippen MR) is 86.5 cm³/mol. The summed E-state index contributed by atoms with van der Waals surface area (Å²) in [5.74, 6) is -4.70. The molecule has 0 aliphatic rings. The smallest absolute Gasteiger partial charge is 0.259 e. The SMILES string of the molecule is CC(C)CCNc1ccc(NC(=O)c2ccc(F)c(F)c2F)nc1. The predicted octanol–water partition coefficient (Wildman–Crippen LogP) is 4.21. The molecule has 0 spiro atoms. The van der Waals surface area contributed by atoms with E-state index < -0.39 is 28.9 Å². The minimum absolute atomic E-state index is 0.179. The van der Waals surface area contributed by atoms with Crippen LogP contribution in [0.4, 0.5) is 24.7 Å². The molecule has 1 amide bonds. The van der Waals surface area contributed by atoms with Crippen molar-refractivity contribution in [1.82, 2.24) is 4.98 Å². The maximum absolute atomic E-state index is 13.6. The number of carbonyl (C=O) groups excluding carboxylic acids is 1. The van der Waals surface area contributed by atoms with E-state index in [4.69, 9.17) is 0 Å². The summed E-state index contributed by atoms with van der Waals surface area (Å²) in [5, 5.41) is 5.52. The van der Waals surface area contributed by atoms with E-state index in [1.807, 2.05) is 0 Å². The van der Waals surface area contributed by atoms with Gasteiger partial charge in [0.15, 0.2) is 17.5 Å². The number of pyridine rings is 1. The highest BCUT2D eigenvalue weighted by atomic mass is 19.2. The van der Waals surface area contributed by atoms with Gasteiger partial charge in [-0.1, -0.05) is 13.8 Å². The molecule has 128 valence electrons. The molecule has 0 aliphatic heterocycles. The molecule has 1 aromatic heterocycles. The number of rotatable bonds is 6. The van der Waals surface area contributed by atoms with Gasteiger partial charge in [-0.2, -0.15) is 0 Å². The lowest BCUT2D eigenvalue weighted by Gasteiger charge is -2.09. The first-order chi connectivity index (χ1) is 11.4. The summed E-state index contributed by atoms with van der Waals surface area (Å²) in [6.07, 6.45) is 2.53. The highest BCUT2D eigenvalue weighted by Crippen LogP contribution is 2.17. The molecule has 1 heterocycles. The van der Waals surface area contributed by atoms with E-state index in [1.54, 1.807) is 6.07 Å². The zero-order chi connectivity index (χ0) is 17.7. The Labute approximate surface area is 138 Å². The lowest BCUT2D eigenvalue weighted by molar-refractivity contribution is 0.102. The molecule has 0 saturated heterocycles. The van der Waals surface area contributed by atoms with Gasteiger partial charge in [-0.3, -0.25) is 4.79 Å². The third-order valence-corrected chi connectivity index (χ3v) is 3.34. The fraction of sp³-hybridized carbons (Fsp3) is 0.294. The molecule has 2 rings (SSSR count). The number of anilines is 2. The maximum Gasteiger partial charge on any atom is 0.259 e. The number of carbonyl (C=O) groups is 1. The van der Waals surface area contributed by atoms with Gasteiger partial charge in [0.05, 0.1) is 17.4 Å². The Balaban J connectivity index is 2.01. The van der Waals surface area contributed by atoms with Crippen LogP contribution in [0.5, 0.6) is 0 Å². The molecular formula is C17H18F3N3O. The van der Waals surface area contributed by atoms with Gasteiger partial charge in [0.25, 0.3) is 5.91 Å². The largest absolute Gasteiger partial charge is 0.384 e. The number of nitrogens with zero attached hydrogens (tertiary/aromatic N) is 1. The first kappa shape index (κ1) is 17.8. The van der Waals surface area contributed by atoms with Gasteiger partial charge in [-0.15, -0.1) is 0 Å². The van der Waals surface area contributed by atoms with Crippen molar-refractivity contribution < 1.29 is 18.0 Å². The van der Waals surface area contributed by atoms with Gasteiger partial charge in [0.1, 0.15) is 5.82 Å². The van der Waals surface area contributed by atoms with Crippen LogP contribution in [-0.2, 0) is 0 Å². The van der Waals surface area contributed by atoms with E-state index in [2.05, 4.69) is 29.5 Å². The van der Waals surface area contributed by atoms with Gasteiger partial charge < -0.3 is 10.6 Å². The van der Waals surface area contributed by atoms with Gasteiger partial charge >= 0.3 is 0 Å². The Bertz CT molecular complexity index is 718. The fourth-order valence-corrected chi connectivity index (χ4v) is 1.96. The normalized spacial score (nSPS) is 10.8. The quantitative estimate of drug-likeness (QED) is 0.777. The van der Waals surface area contributed by atoms with Gasteiger partial charge in [-0.25, -0.2) is 18.2 Å². The van der Waals surface area contributed by atoms with Crippen molar-refractivity contribution in [2.24, 2.45) is 5.92 Å². The summed E-state index contributed by atoms with van der Waals surface area (Å²) in [5.41, 5.74) is 0.197. The number of benzene rings is 1. The van der Waals surface area contributed by atoms with Crippen LogP contribution in [0.25, 0.3) is 0 Å². The van der Waals surface area contributed by atoms with Crippen LogP contribution in [0, 0.1) is 23.4 Å². The average Bonchev–Trinajstić information content (AvgIpc) is 2.54.